The molecule has 9 nitrogen and oxygen atoms in total. The van der Waals surface area contributed by atoms with E-state index in [1.807, 2.05) is 72.6 Å². The highest BCUT2D eigenvalue weighted by Gasteiger charge is 2.18. The van der Waals surface area contributed by atoms with Crippen LogP contribution in [0.3, 0.4) is 0 Å². The molecule has 3 heterocycles. The van der Waals surface area contributed by atoms with Crippen molar-refractivity contribution in [3.8, 4) is 28.1 Å². The number of para-hydroxylation sites is 1. The number of pyridine rings is 2. The number of nitrogens with one attached hydrogen (secondary N) is 1. The van der Waals surface area contributed by atoms with Crippen LogP contribution in [0.2, 0.25) is 0 Å². The number of fused-ring (bicyclic) bond motifs is 1. The molecule has 1 amide bonds. The van der Waals surface area contributed by atoms with Crippen molar-refractivity contribution in [3.05, 3.63) is 96.6 Å². The first kappa shape index (κ1) is 24.1. The third-order valence-electron chi connectivity index (χ3n) is 5.65. The molecule has 0 saturated carbocycles. The molecule has 0 saturated heterocycles. The molecule has 0 aliphatic heterocycles. The molecule has 10 heteroatoms. The molecule has 0 aliphatic carbocycles. The summed E-state index contributed by atoms with van der Waals surface area (Å²) in [6, 6.07) is 20.2. The molecule has 0 atom stereocenters. The lowest BCUT2D eigenvalue weighted by Crippen LogP contribution is -2.30. The number of carbonyl (C=O) groups excluding carboxylic acids is 1. The predicted octanol–water partition coefficient (Wildman–Crippen LogP) is 3.97. The summed E-state index contributed by atoms with van der Waals surface area (Å²) < 4.78 is 33.0. The number of amides is 1. The van der Waals surface area contributed by atoms with E-state index in [-0.39, 0.29) is 12.2 Å². The second kappa shape index (κ2) is 9.82. The molecule has 0 aliphatic rings. The van der Waals surface area contributed by atoms with Gasteiger partial charge in [-0.1, -0.05) is 18.2 Å². The molecule has 1 N–H and O–H groups in total. The first-order chi connectivity index (χ1) is 17.8. The topological polar surface area (TPSA) is 116 Å². The fourth-order valence-corrected chi connectivity index (χ4v) is 4.44. The summed E-state index contributed by atoms with van der Waals surface area (Å²) in [5.74, 6) is -0.192. The molecule has 3 aromatic heterocycles. The SMILES string of the molecule is Cn1cc(-c2ccncc2)c(-c2ccc(OCc3nc4ccccc4cc3C(=O)NS(C)(=O)=O)cc2)n1. The Morgan fingerprint density at radius 3 is 2.46 bits per heavy atom. The lowest BCUT2D eigenvalue weighted by atomic mass is 10.0. The predicted molar refractivity (Wildman–Crippen MR) is 140 cm³/mol. The zero-order valence-corrected chi connectivity index (χ0v) is 20.9. The summed E-state index contributed by atoms with van der Waals surface area (Å²) in [6.07, 6.45) is 6.38. The Morgan fingerprint density at radius 1 is 1.00 bits per heavy atom. The van der Waals surface area contributed by atoms with E-state index in [2.05, 4.69) is 15.1 Å². The number of hydrogen-bond donors (Lipinski definition) is 1. The van der Waals surface area contributed by atoms with Crippen LogP contribution in [0.4, 0.5) is 0 Å². The van der Waals surface area contributed by atoms with Gasteiger partial charge in [-0.3, -0.25) is 14.5 Å². The van der Waals surface area contributed by atoms with E-state index < -0.39 is 15.9 Å². The van der Waals surface area contributed by atoms with Crippen LogP contribution in [0.15, 0.2) is 85.3 Å². The highest BCUT2D eigenvalue weighted by molar-refractivity contribution is 7.89. The Kier molecular flexibility index (Phi) is 6.41. The summed E-state index contributed by atoms with van der Waals surface area (Å²) >= 11 is 0. The van der Waals surface area contributed by atoms with Gasteiger partial charge in [0.15, 0.2) is 0 Å². The third kappa shape index (κ3) is 5.49. The standard InChI is InChI=1S/C27H23N5O4S/c1-32-16-23(18-11-13-28-14-12-18)26(30-32)19-7-9-21(10-8-19)36-17-25-22(27(33)31-37(2,34)35)15-20-5-3-4-6-24(20)29-25/h3-16H,17H2,1-2H3,(H,31,33). The lowest BCUT2D eigenvalue weighted by molar-refractivity contribution is 0.0978. The van der Waals surface area contributed by atoms with Crippen molar-refractivity contribution in [1.82, 2.24) is 24.5 Å². The van der Waals surface area contributed by atoms with Crippen molar-refractivity contribution in [2.75, 3.05) is 6.26 Å². The monoisotopic (exact) mass is 513 g/mol. The third-order valence-corrected chi connectivity index (χ3v) is 6.21. The zero-order valence-electron chi connectivity index (χ0n) is 20.1. The number of rotatable bonds is 7. The second-order valence-corrected chi connectivity index (χ2v) is 10.2. The molecular weight excluding hydrogens is 490 g/mol. The summed E-state index contributed by atoms with van der Waals surface area (Å²) in [6.45, 7) is -0.0252. The van der Waals surface area contributed by atoms with Gasteiger partial charge in [-0.05, 0) is 54.1 Å². The molecular formula is C27H23N5O4S. The fraction of sp³-hybridized carbons (Fsp3) is 0.111. The number of nitrogens with zero attached hydrogens (tertiary/aromatic N) is 4. The maximum Gasteiger partial charge on any atom is 0.266 e. The highest BCUT2D eigenvalue weighted by Crippen LogP contribution is 2.31. The van der Waals surface area contributed by atoms with Gasteiger partial charge in [0.05, 0.1) is 23.0 Å². The number of carbonyl (C=O) groups is 1. The van der Waals surface area contributed by atoms with Crippen molar-refractivity contribution in [2.45, 2.75) is 6.61 Å². The van der Waals surface area contributed by atoms with Crippen LogP contribution >= 0.6 is 0 Å². The molecule has 0 unspecified atom stereocenters. The molecule has 5 rings (SSSR count). The maximum absolute atomic E-state index is 12.7. The van der Waals surface area contributed by atoms with Crippen molar-refractivity contribution in [2.24, 2.45) is 7.05 Å². The second-order valence-electron chi connectivity index (χ2n) is 8.49. The molecule has 0 bridgehead atoms. The van der Waals surface area contributed by atoms with Gasteiger partial charge >= 0.3 is 0 Å². The Bertz CT molecular complexity index is 1700. The van der Waals surface area contributed by atoms with Crippen LogP contribution in [0.25, 0.3) is 33.3 Å². The van der Waals surface area contributed by atoms with Crippen molar-refractivity contribution >= 4 is 26.8 Å². The van der Waals surface area contributed by atoms with Gasteiger partial charge in [-0.15, -0.1) is 0 Å². The molecule has 0 spiro atoms. The van der Waals surface area contributed by atoms with Gasteiger partial charge in [-0.2, -0.15) is 5.10 Å². The van der Waals surface area contributed by atoms with E-state index in [1.165, 1.54) is 0 Å². The minimum atomic E-state index is -3.74. The Hall–Kier alpha value is -4.57. The molecule has 0 radical (unpaired) electrons. The normalized spacial score (nSPS) is 11.4. The Balaban J connectivity index is 1.40. The van der Waals surface area contributed by atoms with Crippen LogP contribution in [0.5, 0.6) is 5.75 Å². The minimum absolute atomic E-state index is 0.0252. The number of sulfonamides is 1. The van der Waals surface area contributed by atoms with E-state index >= 15 is 0 Å². The molecule has 5 aromatic rings. The summed E-state index contributed by atoms with van der Waals surface area (Å²) in [7, 11) is -1.87. The quantitative estimate of drug-likeness (QED) is 0.350. The smallest absolute Gasteiger partial charge is 0.266 e. The average molecular weight is 514 g/mol. The van der Waals surface area contributed by atoms with Gasteiger partial charge in [-0.25, -0.2) is 18.1 Å². The molecule has 186 valence electrons. The number of benzene rings is 2. The van der Waals surface area contributed by atoms with Crippen LogP contribution < -0.4 is 9.46 Å². The van der Waals surface area contributed by atoms with Crippen LogP contribution in [-0.4, -0.2) is 40.3 Å². The number of aryl methyl sites for hydroxylation is 1. The summed E-state index contributed by atoms with van der Waals surface area (Å²) in [5, 5.41) is 5.34. The van der Waals surface area contributed by atoms with Crippen LogP contribution in [0, 0.1) is 0 Å². The minimum Gasteiger partial charge on any atom is -0.487 e. The van der Waals surface area contributed by atoms with E-state index in [4.69, 9.17) is 4.74 Å². The van der Waals surface area contributed by atoms with Gasteiger partial charge in [0.25, 0.3) is 5.91 Å². The van der Waals surface area contributed by atoms with Gasteiger partial charge < -0.3 is 4.74 Å². The van der Waals surface area contributed by atoms with E-state index in [9.17, 15) is 13.2 Å². The lowest BCUT2D eigenvalue weighted by Gasteiger charge is -2.12. The molecule has 2 aromatic carbocycles. The van der Waals surface area contributed by atoms with E-state index in [0.717, 1.165) is 34.0 Å². The van der Waals surface area contributed by atoms with Gasteiger partial charge in [0.2, 0.25) is 10.0 Å². The highest BCUT2D eigenvalue weighted by atomic mass is 32.2. The van der Waals surface area contributed by atoms with Crippen molar-refractivity contribution in [1.29, 1.82) is 0 Å². The van der Waals surface area contributed by atoms with E-state index in [0.29, 0.717) is 17.0 Å². The number of aromatic nitrogens is 4. The maximum atomic E-state index is 12.7. The fourth-order valence-electron chi connectivity index (χ4n) is 3.99. The average Bonchev–Trinajstić information content (AvgIpc) is 3.28. The van der Waals surface area contributed by atoms with E-state index in [1.54, 1.807) is 29.2 Å². The van der Waals surface area contributed by atoms with Gasteiger partial charge in [0.1, 0.15) is 18.1 Å². The number of ether oxygens (including phenoxy) is 1. The first-order valence-corrected chi connectivity index (χ1v) is 13.2. The summed E-state index contributed by atoms with van der Waals surface area (Å²) in [4.78, 5) is 21.3. The largest absolute Gasteiger partial charge is 0.487 e. The summed E-state index contributed by atoms with van der Waals surface area (Å²) in [5.41, 5.74) is 4.88. The Morgan fingerprint density at radius 2 is 1.73 bits per heavy atom. The van der Waals surface area contributed by atoms with Crippen LogP contribution in [0.1, 0.15) is 16.1 Å². The Labute approximate surface area is 213 Å². The van der Waals surface area contributed by atoms with Crippen molar-refractivity contribution in [3.63, 3.8) is 0 Å². The van der Waals surface area contributed by atoms with Crippen LogP contribution in [-0.2, 0) is 23.7 Å². The van der Waals surface area contributed by atoms with Gasteiger partial charge in [0, 0.05) is 42.2 Å². The number of hydrogen-bond acceptors (Lipinski definition) is 7. The first-order valence-electron chi connectivity index (χ1n) is 11.3. The van der Waals surface area contributed by atoms with Crippen molar-refractivity contribution < 1.29 is 17.9 Å². The molecule has 0 fully saturated rings. The zero-order chi connectivity index (χ0) is 26.0. The molecule has 37 heavy (non-hydrogen) atoms.